The molecule has 3 rings (SSSR count). The Morgan fingerprint density at radius 1 is 1.29 bits per heavy atom. The summed E-state index contributed by atoms with van der Waals surface area (Å²) in [4.78, 5) is 6.22. The third-order valence-electron chi connectivity index (χ3n) is 5.36. The van der Waals surface area contributed by atoms with Crippen LogP contribution in [0.4, 0.5) is 13.2 Å². The Labute approximate surface area is 174 Å². The average Bonchev–Trinajstić information content (AvgIpc) is 3.16. The third-order valence-corrected chi connectivity index (χ3v) is 7.38. The van der Waals surface area contributed by atoms with E-state index in [1.807, 2.05) is 24.2 Å². The summed E-state index contributed by atoms with van der Waals surface area (Å²) in [6, 6.07) is 2.31. The minimum atomic E-state index is -4.38. The van der Waals surface area contributed by atoms with Crippen LogP contribution in [0.5, 0.6) is 5.88 Å². The molecular weight excluding hydrogens is 543 g/mol. The molecule has 0 unspecified atom stereocenters. The number of likely N-dealkylation sites (tertiary alicyclic amines) is 1. The van der Waals surface area contributed by atoms with Crippen molar-refractivity contribution in [1.29, 1.82) is 0 Å². The molecule has 3 nitrogen and oxygen atoms in total. The molecule has 0 amide bonds. The molecule has 1 saturated carbocycles. The summed E-state index contributed by atoms with van der Waals surface area (Å²) in [5.41, 5.74) is -0.779. The van der Waals surface area contributed by atoms with Crippen LogP contribution in [0.25, 0.3) is 0 Å². The van der Waals surface area contributed by atoms with E-state index in [1.54, 1.807) is 0 Å². The van der Waals surface area contributed by atoms with E-state index in [0.717, 1.165) is 51.0 Å². The van der Waals surface area contributed by atoms with E-state index in [9.17, 15) is 13.2 Å². The number of hydrogen-bond donors (Lipinski definition) is 0. The summed E-state index contributed by atoms with van der Waals surface area (Å²) in [7, 11) is 0. The molecule has 0 bridgehead atoms. The maximum absolute atomic E-state index is 12.6. The molecular formula is C21H23F3N2OOs-2. The van der Waals surface area contributed by atoms with Gasteiger partial charge in [0.2, 0.25) is 0 Å². The van der Waals surface area contributed by atoms with Gasteiger partial charge in [-0.2, -0.15) is 0 Å². The zero-order valence-corrected chi connectivity index (χ0v) is 18.0. The average molecular weight is 567 g/mol. The predicted octanol–water partition coefficient (Wildman–Crippen LogP) is 4.53. The first-order chi connectivity index (χ1) is 13.3. The summed E-state index contributed by atoms with van der Waals surface area (Å²) in [5.74, 6) is 0.246. The number of halogens is 3. The number of rotatable bonds is 6. The number of ether oxygens (including phenoxy) is 1. The number of allylic oxidation sites excluding steroid dienone is 2. The maximum atomic E-state index is 12.6. The molecule has 0 atom stereocenters. The molecule has 0 spiro atoms. The van der Waals surface area contributed by atoms with E-state index < -0.39 is 11.7 Å². The minimum absolute atomic E-state index is 0.0169. The first kappa shape index (κ1) is 21.4. The SMILES string of the molecule is [CH-]=CC=[C-]C1([C](=[Os])N2CCC(Oc3ccc(C(F)(F)F)cn3)CC2)CCCC1. The van der Waals surface area contributed by atoms with Gasteiger partial charge in [0.15, 0.2) is 0 Å². The molecule has 2 aliphatic rings. The van der Waals surface area contributed by atoms with Gasteiger partial charge in [-0.15, -0.1) is 0 Å². The second-order valence-corrected chi connectivity index (χ2v) is 8.46. The van der Waals surface area contributed by atoms with Crippen LogP contribution in [-0.4, -0.2) is 33.3 Å². The Kier molecular flexibility index (Phi) is 6.88. The number of piperidine rings is 1. The molecule has 1 saturated heterocycles. The second-order valence-electron chi connectivity index (χ2n) is 7.26. The molecule has 1 aromatic heterocycles. The van der Waals surface area contributed by atoms with Crippen LogP contribution in [0.3, 0.4) is 0 Å². The molecule has 0 radical (unpaired) electrons. The van der Waals surface area contributed by atoms with Gasteiger partial charge in [0.25, 0.3) is 0 Å². The van der Waals surface area contributed by atoms with Gasteiger partial charge >= 0.3 is 174 Å². The zero-order valence-electron chi connectivity index (χ0n) is 15.5. The van der Waals surface area contributed by atoms with Gasteiger partial charge in [0, 0.05) is 0 Å². The fraction of sp³-hybridized carbons (Fsp3) is 0.524. The van der Waals surface area contributed by atoms with Crippen molar-refractivity contribution in [3.63, 3.8) is 0 Å². The molecule has 1 aliphatic heterocycles. The summed E-state index contributed by atoms with van der Waals surface area (Å²) >= 11 is 1.94. The normalized spacial score (nSPS) is 21.1. The molecule has 2 fully saturated rings. The molecule has 1 aromatic rings. The molecule has 1 aliphatic carbocycles. The van der Waals surface area contributed by atoms with Crippen molar-refractivity contribution in [3.05, 3.63) is 48.7 Å². The van der Waals surface area contributed by atoms with E-state index >= 15 is 0 Å². The van der Waals surface area contributed by atoms with Crippen LogP contribution in [-0.2, 0) is 24.3 Å². The van der Waals surface area contributed by atoms with Crippen molar-refractivity contribution in [3.8, 4) is 5.88 Å². The van der Waals surface area contributed by atoms with E-state index in [1.165, 1.54) is 29.2 Å². The fourth-order valence-corrected chi connectivity index (χ4v) is 5.23. The first-order valence-electron chi connectivity index (χ1n) is 9.45. The summed E-state index contributed by atoms with van der Waals surface area (Å²) in [6.45, 7) is 7.24. The Morgan fingerprint density at radius 2 is 1.96 bits per heavy atom. The number of pyridine rings is 1. The topological polar surface area (TPSA) is 25.4 Å². The molecule has 0 N–H and O–H groups in total. The van der Waals surface area contributed by atoms with Crippen molar-refractivity contribution in [1.82, 2.24) is 9.88 Å². The van der Waals surface area contributed by atoms with Crippen LogP contribution in [0.1, 0.15) is 44.1 Å². The Morgan fingerprint density at radius 3 is 2.50 bits per heavy atom. The summed E-state index contributed by atoms with van der Waals surface area (Å²) in [5, 5.41) is 0. The molecule has 7 heteroatoms. The Hall–Kier alpha value is -1.31. The number of hydrogen-bond acceptors (Lipinski definition) is 3. The number of aromatic nitrogens is 1. The third kappa shape index (κ3) is 4.99. The quantitative estimate of drug-likeness (QED) is 0.374. The summed E-state index contributed by atoms with van der Waals surface area (Å²) < 4.78 is 45.1. The van der Waals surface area contributed by atoms with Crippen LogP contribution < -0.4 is 4.74 Å². The van der Waals surface area contributed by atoms with Gasteiger partial charge in [0.05, 0.1) is 0 Å². The number of alkyl halides is 3. The predicted molar refractivity (Wildman–Crippen MR) is 97.1 cm³/mol. The molecule has 28 heavy (non-hydrogen) atoms. The van der Waals surface area contributed by atoms with E-state index in [0.29, 0.717) is 0 Å². The fourth-order valence-electron chi connectivity index (χ4n) is 3.84. The second kappa shape index (κ2) is 9.01. The number of nitrogens with zero attached hydrogens (tertiary/aromatic N) is 2. The van der Waals surface area contributed by atoms with Gasteiger partial charge in [-0.05, 0) is 0 Å². The van der Waals surface area contributed by atoms with E-state index in [4.69, 9.17) is 11.3 Å². The van der Waals surface area contributed by atoms with Gasteiger partial charge in [-0.1, -0.05) is 0 Å². The summed E-state index contributed by atoms with van der Waals surface area (Å²) in [6.07, 6.45) is 9.49. The van der Waals surface area contributed by atoms with Crippen molar-refractivity contribution >= 4 is 4.19 Å². The molecule has 154 valence electrons. The first-order valence-corrected chi connectivity index (χ1v) is 10.7. The molecule has 0 aromatic carbocycles. The van der Waals surface area contributed by atoms with Crippen LogP contribution in [0.2, 0.25) is 0 Å². The van der Waals surface area contributed by atoms with Crippen LogP contribution in [0.15, 0.2) is 30.5 Å². The van der Waals surface area contributed by atoms with Crippen LogP contribution in [0, 0.1) is 18.1 Å². The van der Waals surface area contributed by atoms with Gasteiger partial charge in [0.1, 0.15) is 0 Å². The molecule has 2 heterocycles. The standard InChI is InChI=1S/C21H23F3N2O.Os/c1-2-3-10-20(11-4-5-12-20)16-26-13-8-18(9-14-26)27-19-7-6-17(15-25-19)21(22,23)24;/h1-3,6-7,15,18H,4-5,8-9,11-14H2;/q-2;. The van der Waals surface area contributed by atoms with Crippen molar-refractivity contribution in [2.75, 3.05) is 13.1 Å². The van der Waals surface area contributed by atoms with Crippen molar-refractivity contribution in [2.24, 2.45) is 5.41 Å². The van der Waals surface area contributed by atoms with Crippen molar-refractivity contribution < 1.29 is 36.1 Å². The van der Waals surface area contributed by atoms with Gasteiger partial charge < -0.3 is 0 Å². The van der Waals surface area contributed by atoms with Gasteiger partial charge in [-0.25, -0.2) is 0 Å². The van der Waals surface area contributed by atoms with Crippen LogP contribution >= 0.6 is 0 Å². The Balaban J connectivity index is 1.56. The van der Waals surface area contributed by atoms with Crippen molar-refractivity contribution in [2.45, 2.75) is 50.8 Å². The van der Waals surface area contributed by atoms with Gasteiger partial charge in [-0.3, -0.25) is 0 Å². The van der Waals surface area contributed by atoms with E-state index in [2.05, 4.69) is 16.0 Å². The Bertz CT molecular complexity index is 716. The zero-order chi connectivity index (χ0) is 20.2. The monoisotopic (exact) mass is 568 g/mol. The van der Waals surface area contributed by atoms with E-state index in [-0.39, 0.29) is 17.4 Å².